The quantitative estimate of drug-likeness (QED) is 0.375. The Morgan fingerprint density at radius 1 is 0.882 bits per heavy atom. The Morgan fingerprint density at radius 3 is 2.12 bits per heavy atom. The van der Waals surface area contributed by atoms with Gasteiger partial charge in [0.2, 0.25) is 0 Å². The number of benzene rings is 3. The van der Waals surface area contributed by atoms with Crippen LogP contribution >= 0.6 is 0 Å². The van der Waals surface area contributed by atoms with Crippen LogP contribution in [0.15, 0.2) is 60.7 Å². The number of aromatic hydroxyl groups is 3. The zero-order chi connectivity index (χ0) is 24.0. The van der Waals surface area contributed by atoms with Crippen LogP contribution in [0.3, 0.4) is 0 Å². The van der Waals surface area contributed by atoms with Crippen molar-refractivity contribution in [3.63, 3.8) is 0 Å². The maximum Gasteiger partial charge on any atom is 0.355 e. The number of carbonyl (C=O) groups is 1. The normalized spacial score (nSPS) is 12.1. The first-order chi connectivity index (χ1) is 16.4. The van der Waals surface area contributed by atoms with E-state index >= 15 is 0 Å². The molecule has 2 heterocycles. The van der Waals surface area contributed by atoms with Crippen LogP contribution in [0.2, 0.25) is 0 Å². The summed E-state index contributed by atoms with van der Waals surface area (Å²) >= 11 is 0. The van der Waals surface area contributed by atoms with Gasteiger partial charge in [0.15, 0.2) is 11.5 Å². The molecule has 1 aromatic heterocycles. The monoisotopic (exact) mass is 457 g/mol. The fraction of sp³-hybridized carbons (Fsp3) is 0.148. The van der Waals surface area contributed by atoms with Gasteiger partial charge in [0.05, 0.1) is 19.9 Å². The number of hydrogen-bond donors (Lipinski definition) is 3. The first kappa shape index (κ1) is 21.5. The smallest absolute Gasteiger partial charge is 0.355 e. The standard InChI is InChI=1S/C27H23NO6/c1-33-22-14-20-15(13-21(22)31)9-10-28-25(20)23(16-5-3-7-18(29)11-16)24(26(28)27(32)34-2)17-6-4-8-19(30)12-17/h3-8,11-14,29-31H,9-10H2,1-2H3. The number of carbonyl (C=O) groups excluding carboxylic acids is 1. The van der Waals surface area contributed by atoms with Gasteiger partial charge >= 0.3 is 5.97 Å². The van der Waals surface area contributed by atoms with Crippen molar-refractivity contribution in [2.45, 2.75) is 13.0 Å². The summed E-state index contributed by atoms with van der Waals surface area (Å²) in [5.74, 6) is -0.0138. The second-order valence-corrected chi connectivity index (χ2v) is 8.12. The topological polar surface area (TPSA) is 101 Å². The van der Waals surface area contributed by atoms with Crippen LogP contribution in [0, 0.1) is 0 Å². The van der Waals surface area contributed by atoms with Gasteiger partial charge in [-0.15, -0.1) is 0 Å². The van der Waals surface area contributed by atoms with E-state index in [1.807, 2.05) is 16.7 Å². The van der Waals surface area contributed by atoms with Crippen LogP contribution in [0.25, 0.3) is 33.5 Å². The van der Waals surface area contributed by atoms with Crippen LogP contribution in [-0.2, 0) is 17.7 Å². The molecular formula is C27H23NO6. The number of hydrogen-bond acceptors (Lipinski definition) is 6. The van der Waals surface area contributed by atoms with E-state index in [1.54, 1.807) is 48.5 Å². The number of fused-ring (bicyclic) bond motifs is 3. The van der Waals surface area contributed by atoms with Gasteiger partial charge in [-0.1, -0.05) is 24.3 Å². The summed E-state index contributed by atoms with van der Waals surface area (Å²) < 4.78 is 12.5. The molecule has 0 unspecified atom stereocenters. The molecule has 0 spiro atoms. The van der Waals surface area contributed by atoms with Crippen molar-refractivity contribution >= 4 is 5.97 Å². The lowest BCUT2D eigenvalue weighted by atomic mass is 9.90. The van der Waals surface area contributed by atoms with E-state index in [1.165, 1.54) is 14.2 Å². The predicted octanol–water partition coefficient (Wildman–Crippen LogP) is 4.96. The van der Waals surface area contributed by atoms with Crippen LogP contribution in [0.4, 0.5) is 0 Å². The van der Waals surface area contributed by atoms with Gasteiger partial charge in [0, 0.05) is 23.2 Å². The Kier molecular flexibility index (Phi) is 5.17. The zero-order valence-corrected chi connectivity index (χ0v) is 18.7. The molecule has 7 nitrogen and oxygen atoms in total. The molecule has 3 aromatic carbocycles. The fourth-order valence-corrected chi connectivity index (χ4v) is 4.75. The summed E-state index contributed by atoms with van der Waals surface area (Å²) in [6.07, 6.45) is 0.581. The summed E-state index contributed by atoms with van der Waals surface area (Å²) in [4.78, 5) is 13.1. The first-order valence-electron chi connectivity index (χ1n) is 10.8. The average molecular weight is 457 g/mol. The lowest BCUT2D eigenvalue weighted by Crippen LogP contribution is -2.17. The Balaban J connectivity index is 1.96. The molecule has 4 aromatic rings. The van der Waals surface area contributed by atoms with Crippen LogP contribution in [-0.4, -0.2) is 40.1 Å². The zero-order valence-electron chi connectivity index (χ0n) is 18.7. The minimum atomic E-state index is -0.514. The van der Waals surface area contributed by atoms with Gasteiger partial charge < -0.3 is 29.4 Å². The van der Waals surface area contributed by atoms with Crippen LogP contribution < -0.4 is 4.74 Å². The molecule has 0 fully saturated rings. The molecule has 1 aliphatic rings. The lowest BCUT2D eigenvalue weighted by Gasteiger charge is -2.23. The first-order valence-corrected chi connectivity index (χ1v) is 10.8. The fourth-order valence-electron chi connectivity index (χ4n) is 4.75. The SMILES string of the molecule is COC(=O)c1c(-c2cccc(O)c2)c(-c2cccc(O)c2)c2n1CCc1cc(O)c(OC)cc1-2. The highest BCUT2D eigenvalue weighted by molar-refractivity contribution is 6.07. The molecule has 5 rings (SSSR count). The summed E-state index contributed by atoms with van der Waals surface area (Å²) in [5, 5.41) is 30.9. The maximum absolute atomic E-state index is 13.1. The predicted molar refractivity (Wildman–Crippen MR) is 127 cm³/mol. The van der Waals surface area contributed by atoms with Crippen molar-refractivity contribution < 1.29 is 29.6 Å². The highest BCUT2D eigenvalue weighted by Crippen LogP contribution is 2.50. The van der Waals surface area contributed by atoms with E-state index in [9.17, 15) is 20.1 Å². The summed E-state index contributed by atoms with van der Waals surface area (Å²) in [5.41, 5.74) is 5.41. The van der Waals surface area contributed by atoms with E-state index in [0.717, 1.165) is 16.8 Å². The van der Waals surface area contributed by atoms with Crippen molar-refractivity contribution in [3.8, 4) is 56.5 Å². The summed E-state index contributed by atoms with van der Waals surface area (Å²) in [7, 11) is 2.82. The molecule has 172 valence electrons. The number of aromatic nitrogens is 1. The molecule has 1 aliphatic heterocycles. The molecule has 34 heavy (non-hydrogen) atoms. The van der Waals surface area contributed by atoms with Gasteiger partial charge in [0.25, 0.3) is 0 Å². The van der Waals surface area contributed by atoms with Crippen molar-refractivity contribution in [1.82, 2.24) is 4.57 Å². The maximum atomic E-state index is 13.1. The molecule has 3 N–H and O–H groups in total. The van der Waals surface area contributed by atoms with Gasteiger partial charge in [-0.25, -0.2) is 4.79 Å². The molecule has 0 saturated carbocycles. The second kappa shape index (κ2) is 8.19. The highest BCUT2D eigenvalue weighted by atomic mass is 16.5. The molecule has 0 atom stereocenters. The third-order valence-corrected chi connectivity index (χ3v) is 6.18. The van der Waals surface area contributed by atoms with E-state index in [0.29, 0.717) is 46.7 Å². The number of ether oxygens (including phenoxy) is 2. The minimum Gasteiger partial charge on any atom is -0.508 e. The molecule has 0 saturated heterocycles. The van der Waals surface area contributed by atoms with E-state index in [2.05, 4.69) is 0 Å². The Hall–Kier alpha value is -4.39. The molecule has 7 heteroatoms. The molecular weight excluding hydrogens is 434 g/mol. The third-order valence-electron chi connectivity index (χ3n) is 6.18. The van der Waals surface area contributed by atoms with E-state index in [-0.39, 0.29) is 17.2 Å². The number of nitrogens with zero attached hydrogens (tertiary/aromatic N) is 1. The largest absolute Gasteiger partial charge is 0.508 e. The van der Waals surface area contributed by atoms with Crippen LogP contribution in [0.1, 0.15) is 16.1 Å². The molecule has 0 bridgehead atoms. The summed E-state index contributed by atoms with van der Waals surface area (Å²) in [6, 6.07) is 16.9. The van der Waals surface area contributed by atoms with Gasteiger partial charge in [-0.3, -0.25) is 0 Å². The Bertz CT molecular complexity index is 1440. The van der Waals surface area contributed by atoms with E-state index < -0.39 is 5.97 Å². The van der Waals surface area contributed by atoms with E-state index in [4.69, 9.17) is 9.47 Å². The molecule has 0 aliphatic carbocycles. The summed E-state index contributed by atoms with van der Waals surface area (Å²) in [6.45, 7) is 0.475. The van der Waals surface area contributed by atoms with Gasteiger partial charge in [-0.05, 0) is 59.5 Å². The number of aryl methyl sites for hydroxylation is 1. The molecule has 0 radical (unpaired) electrons. The number of esters is 1. The second-order valence-electron chi connectivity index (χ2n) is 8.12. The van der Waals surface area contributed by atoms with Crippen molar-refractivity contribution in [3.05, 3.63) is 71.9 Å². The third kappa shape index (κ3) is 3.33. The number of phenolic OH excluding ortho intramolecular Hbond substituents is 3. The Morgan fingerprint density at radius 2 is 1.53 bits per heavy atom. The minimum absolute atomic E-state index is 0.0431. The van der Waals surface area contributed by atoms with Gasteiger partial charge in [0.1, 0.15) is 17.2 Å². The number of phenols is 3. The van der Waals surface area contributed by atoms with Crippen molar-refractivity contribution in [1.29, 1.82) is 0 Å². The van der Waals surface area contributed by atoms with Gasteiger partial charge in [-0.2, -0.15) is 0 Å². The van der Waals surface area contributed by atoms with Crippen molar-refractivity contribution in [2.75, 3.05) is 14.2 Å². The molecule has 0 amide bonds. The number of methoxy groups -OCH3 is 2. The Labute approximate surface area is 196 Å². The lowest BCUT2D eigenvalue weighted by molar-refractivity contribution is 0.0589. The average Bonchev–Trinajstić information content (AvgIpc) is 3.18. The number of rotatable bonds is 4. The van der Waals surface area contributed by atoms with Crippen LogP contribution in [0.5, 0.6) is 23.0 Å². The highest BCUT2D eigenvalue weighted by Gasteiger charge is 2.33. The van der Waals surface area contributed by atoms with Crippen molar-refractivity contribution in [2.24, 2.45) is 0 Å².